The van der Waals surface area contributed by atoms with Crippen LogP contribution in [0.25, 0.3) is 11.6 Å². The number of hydrogen-bond donors (Lipinski definition) is 0. The van der Waals surface area contributed by atoms with Crippen LogP contribution in [0, 0.1) is 0 Å². The summed E-state index contributed by atoms with van der Waals surface area (Å²) in [6.45, 7) is 6.17. The molecule has 0 saturated carbocycles. The van der Waals surface area contributed by atoms with Gasteiger partial charge in [0.25, 0.3) is 0 Å². The second-order valence-electron chi connectivity index (χ2n) is 3.11. The molecular formula is C11H18N2. The van der Waals surface area contributed by atoms with Gasteiger partial charge in [-0.25, -0.2) is 4.98 Å². The van der Waals surface area contributed by atoms with E-state index in [1.807, 2.05) is 27.2 Å². The highest BCUT2D eigenvalue weighted by atomic mass is 15.0. The summed E-state index contributed by atoms with van der Waals surface area (Å²) in [6.07, 6.45) is 6.48. The van der Waals surface area contributed by atoms with Crippen LogP contribution in [0.2, 0.25) is 0 Å². The molecular weight excluding hydrogens is 160 g/mol. The van der Waals surface area contributed by atoms with Crippen molar-refractivity contribution in [1.29, 1.82) is 0 Å². The summed E-state index contributed by atoms with van der Waals surface area (Å²) < 4.78 is 2.08. The molecule has 2 heteroatoms. The number of imidazole rings is 1. The Labute approximate surface area is 79.6 Å². The average Bonchev–Trinajstić information content (AvgIpc) is 2.53. The van der Waals surface area contributed by atoms with Gasteiger partial charge in [-0.1, -0.05) is 19.9 Å². The lowest BCUT2D eigenvalue weighted by atomic mass is 10.1. The number of aromatic nitrogens is 2. The van der Waals surface area contributed by atoms with Gasteiger partial charge in [-0.05, 0) is 25.3 Å². The van der Waals surface area contributed by atoms with Gasteiger partial charge in [-0.15, -0.1) is 0 Å². The first kappa shape index (κ1) is 10.0. The molecule has 0 unspecified atom stereocenters. The molecule has 0 atom stereocenters. The number of fused-ring (bicyclic) bond motifs is 1. The first-order valence-corrected chi connectivity index (χ1v) is 4.96. The number of hydrogen-bond acceptors (Lipinski definition) is 1. The van der Waals surface area contributed by atoms with E-state index in [4.69, 9.17) is 0 Å². The Hall–Kier alpha value is -1.05. The van der Waals surface area contributed by atoms with E-state index in [2.05, 4.69) is 22.6 Å². The van der Waals surface area contributed by atoms with Crippen LogP contribution in [0.3, 0.4) is 0 Å². The molecule has 1 aliphatic rings. The average molecular weight is 178 g/mol. The number of aryl methyl sites for hydroxylation is 1. The molecule has 1 aliphatic carbocycles. The van der Waals surface area contributed by atoms with Gasteiger partial charge < -0.3 is 4.57 Å². The van der Waals surface area contributed by atoms with E-state index in [0.717, 1.165) is 0 Å². The quantitative estimate of drug-likeness (QED) is 0.583. The van der Waals surface area contributed by atoms with E-state index in [0.29, 0.717) is 0 Å². The van der Waals surface area contributed by atoms with Crippen LogP contribution in [0.4, 0.5) is 0 Å². The minimum Gasteiger partial charge on any atom is -0.334 e. The monoisotopic (exact) mass is 178 g/mol. The van der Waals surface area contributed by atoms with Crippen LogP contribution < -0.4 is 10.7 Å². The topological polar surface area (TPSA) is 17.8 Å². The minimum atomic E-state index is 1.17. The molecule has 0 amide bonds. The Balaban J connectivity index is 0.000000396. The molecule has 0 spiro atoms. The SMILES string of the molecule is CC.CC1=c2ncn(C)c2=CCC1. The van der Waals surface area contributed by atoms with E-state index in [1.54, 1.807) is 0 Å². The first-order valence-electron chi connectivity index (χ1n) is 4.96. The van der Waals surface area contributed by atoms with Gasteiger partial charge in [-0.2, -0.15) is 0 Å². The van der Waals surface area contributed by atoms with Gasteiger partial charge in [-0.3, -0.25) is 0 Å². The standard InChI is InChI=1S/C9H12N2.C2H6/c1-7-4-3-5-8-9(7)10-6-11(8)2;1-2/h5-6H,3-4H2,1-2H3;1-2H3. The lowest BCUT2D eigenvalue weighted by Gasteiger charge is -2.01. The molecule has 1 heterocycles. The van der Waals surface area contributed by atoms with Gasteiger partial charge >= 0.3 is 0 Å². The Morgan fingerprint density at radius 2 is 2.08 bits per heavy atom. The first-order chi connectivity index (χ1) is 6.29. The maximum atomic E-state index is 4.33. The van der Waals surface area contributed by atoms with Crippen LogP contribution in [-0.4, -0.2) is 9.55 Å². The smallest absolute Gasteiger partial charge is 0.0955 e. The van der Waals surface area contributed by atoms with Gasteiger partial charge in [0.15, 0.2) is 0 Å². The van der Waals surface area contributed by atoms with Crippen LogP contribution >= 0.6 is 0 Å². The van der Waals surface area contributed by atoms with Crippen molar-refractivity contribution >= 4 is 11.6 Å². The van der Waals surface area contributed by atoms with E-state index < -0.39 is 0 Å². The number of nitrogens with zero attached hydrogens (tertiary/aromatic N) is 2. The fraction of sp³-hybridized carbons (Fsp3) is 0.545. The lowest BCUT2D eigenvalue weighted by molar-refractivity contribution is 0.870. The molecule has 72 valence electrons. The van der Waals surface area contributed by atoms with E-state index >= 15 is 0 Å². The highest BCUT2D eigenvalue weighted by molar-refractivity contribution is 5.45. The second kappa shape index (κ2) is 4.26. The summed E-state index contributed by atoms with van der Waals surface area (Å²) in [7, 11) is 2.04. The summed E-state index contributed by atoms with van der Waals surface area (Å²) in [5.41, 5.74) is 1.42. The molecule has 0 fully saturated rings. The summed E-state index contributed by atoms with van der Waals surface area (Å²) in [5, 5.41) is 2.48. The van der Waals surface area contributed by atoms with Crippen LogP contribution in [0.1, 0.15) is 33.6 Å². The molecule has 2 nitrogen and oxygen atoms in total. The fourth-order valence-electron chi connectivity index (χ4n) is 1.55. The molecule has 0 saturated heterocycles. The molecule has 2 rings (SSSR count). The Morgan fingerprint density at radius 3 is 2.69 bits per heavy atom. The normalized spacial score (nSPS) is 14.0. The van der Waals surface area contributed by atoms with Gasteiger partial charge in [0.05, 0.1) is 17.0 Å². The van der Waals surface area contributed by atoms with Crippen molar-refractivity contribution in [1.82, 2.24) is 9.55 Å². The Morgan fingerprint density at radius 1 is 1.38 bits per heavy atom. The van der Waals surface area contributed by atoms with E-state index in [9.17, 15) is 0 Å². The van der Waals surface area contributed by atoms with E-state index in [1.165, 1.54) is 29.1 Å². The molecule has 0 radical (unpaired) electrons. The predicted octanol–water partition coefficient (Wildman–Crippen LogP) is 1.19. The Kier molecular flexibility index (Phi) is 3.29. The highest BCUT2D eigenvalue weighted by Gasteiger charge is 2.02. The fourth-order valence-corrected chi connectivity index (χ4v) is 1.55. The van der Waals surface area contributed by atoms with Crippen molar-refractivity contribution in [2.45, 2.75) is 33.6 Å². The highest BCUT2D eigenvalue weighted by Crippen LogP contribution is 2.04. The van der Waals surface area contributed by atoms with Crippen molar-refractivity contribution in [3.63, 3.8) is 0 Å². The summed E-state index contributed by atoms with van der Waals surface area (Å²) >= 11 is 0. The zero-order chi connectivity index (χ0) is 9.84. The van der Waals surface area contributed by atoms with Crippen molar-refractivity contribution in [2.75, 3.05) is 0 Å². The van der Waals surface area contributed by atoms with E-state index in [-0.39, 0.29) is 0 Å². The van der Waals surface area contributed by atoms with Crippen molar-refractivity contribution < 1.29 is 0 Å². The number of rotatable bonds is 0. The zero-order valence-corrected chi connectivity index (χ0v) is 8.96. The molecule has 0 bridgehead atoms. The molecule has 0 N–H and O–H groups in total. The summed E-state index contributed by atoms with van der Waals surface area (Å²) in [5.74, 6) is 0. The van der Waals surface area contributed by atoms with Gasteiger partial charge in [0.2, 0.25) is 0 Å². The molecule has 0 aromatic carbocycles. The largest absolute Gasteiger partial charge is 0.334 e. The minimum absolute atomic E-state index is 1.17. The van der Waals surface area contributed by atoms with Gasteiger partial charge in [0, 0.05) is 7.05 Å². The van der Waals surface area contributed by atoms with Crippen LogP contribution in [0.5, 0.6) is 0 Å². The molecule has 0 aliphatic heterocycles. The summed E-state index contributed by atoms with van der Waals surface area (Å²) in [6, 6.07) is 0. The van der Waals surface area contributed by atoms with Gasteiger partial charge in [0.1, 0.15) is 0 Å². The van der Waals surface area contributed by atoms with Crippen molar-refractivity contribution in [3.05, 3.63) is 17.0 Å². The maximum absolute atomic E-state index is 4.33. The lowest BCUT2D eigenvalue weighted by Crippen LogP contribution is -2.32. The third kappa shape index (κ3) is 1.82. The summed E-state index contributed by atoms with van der Waals surface area (Å²) in [4.78, 5) is 4.33. The Bertz CT molecular complexity index is 385. The second-order valence-corrected chi connectivity index (χ2v) is 3.11. The zero-order valence-electron chi connectivity index (χ0n) is 8.96. The van der Waals surface area contributed by atoms with Crippen molar-refractivity contribution in [3.8, 4) is 0 Å². The molecule has 13 heavy (non-hydrogen) atoms. The third-order valence-corrected chi connectivity index (χ3v) is 2.24. The molecule has 1 aromatic rings. The molecule has 1 aromatic heterocycles. The maximum Gasteiger partial charge on any atom is 0.0955 e. The predicted molar refractivity (Wildman–Crippen MR) is 56.6 cm³/mol. The van der Waals surface area contributed by atoms with Crippen molar-refractivity contribution in [2.24, 2.45) is 7.05 Å². The van der Waals surface area contributed by atoms with Crippen LogP contribution in [-0.2, 0) is 7.05 Å². The third-order valence-electron chi connectivity index (χ3n) is 2.24. The van der Waals surface area contributed by atoms with Crippen LogP contribution in [0.15, 0.2) is 6.33 Å².